The van der Waals surface area contributed by atoms with Crippen molar-refractivity contribution in [2.75, 3.05) is 6.54 Å². The van der Waals surface area contributed by atoms with Crippen LogP contribution in [-0.4, -0.2) is 40.5 Å². The third-order valence-corrected chi connectivity index (χ3v) is 7.50. The fourth-order valence-electron chi connectivity index (χ4n) is 5.87. The summed E-state index contributed by atoms with van der Waals surface area (Å²) < 4.78 is 0. The lowest BCUT2D eigenvalue weighted by Gasteiger charge is -2.35. The first-order valence-electron chi connectivity index (χ1n) is 12.3. The predicted octanol–water partition coefficient (Wildman–Crippen LogP) is 5.07. The molecule has 2 N–H and O–H groups in total. The summed E-state index contributed by atoms with van der Waals surface area (Å²) in [4.78, 5) is 19.4. The quantitative estimate of drug-likeness (QED) is 0.608. The monoisotopic (exact) mass is 429 g/mol. The molecule has 1 amide bonds. The summed E-state index contributed by atoms with van der Waals surface area (Å²) in [6, 6.07) is 18.4. The zero-order chi connectivity index (χ0) is 22.1. The van der Waals surface area contributed by atoms with Crippen LogP contribution in [0.25, 0.3) is 10.9 Å². The number of nitrogens with zero attached hydrogens (tertiary/aromatic N) is 1. The number of nitrogens with one attached hydrogen (secondary N) is 2. The van der Waals surface area contributed by atoms with Crippen LogP contribution in [0.2, 0.25) is 0 Å². The van der Waals surface area contributed by atoms with Crippen molar-refractivity contribution in [3.63, 3.8) is 0 Å². The second kappa shape index (κ2) is 9.11. The fourth-order valence-corrected chi connectivity index (χ4v) is 5.87. The second-order valence-corrected chi connectivity index (χ2v) is 9.85. The van der Waals surface area contributed by atoms with E-state index in [9.17, 15) is 4.79 Å². The highest BCUT2D eigenvalue weighted by atomic mass is 16.2. The summed E-state index contributed by atoms with van der Waals surface area (Å²) in [5.74, 6) is 0.287. The first-order chi connectivity index (χ1) is 15.6. The van der Waals surface area contributed by atoms with Crippen LogP contribution < -0.4 is 5.32 Å². The van der Waals surface area contributed by atoms with Gasteiger partial charge in [0, 0.05) is 41.3 Å². The van der Waals surface area contributed by atoms with E-state index in [4.69, 9.17) is 0 Å². The number of H-pyrrole nitrogens is 1. The number of aromatic amines is 1. The molecule has 0 radical (unpaired) electrons. The Morgan fingerprint density at radius 2 is 1.91 bits per heavy atom. The first kappa shape index (κ1) is 21.3. The number of likely N-dealkylation sites (tertiary alicyclic amines) is 1. The molecular formula is C28H35N3O. The zero-order valence-electron chi connectivity index (χ0n) is 19.4. The van der Waals surface area contributed by atoms with Crippen molar-refractivity contribution in [1.82, 2.24) is 15.2 Å². The van der Waals surface area contributed by atoms with Gasteiger partial charge in [0.2, 0.25) is 5.91 Å². The van der Waals surface area contributed by atoms with Crippen molar-refractivity contribution >= 4 is 16.8 Å². The molecule has 3 aromatic rings. The van der Waals surface area contributed by atoms with Crippen LogP contribution in [-0.2, 0) is 17.6 Å². The largest absolute Gasteiger partial charge is 0.358 e. The van der Waals surface area contributed by atoms with E-state index in [1.165, 1.54) is 41.3 Å². The topological polar surface area (TPSA) is 48.1 Å². The molecule has 2 aromatic carbocycles. The maximum atomic E-state index is 13.7. The Balaban J connectivity index is 1.36. The van der Waals surface area contributed by atoms with E-state index in [2.05, 4.69) is 77.6 Å². The minimum Gasteiger partial charge on any atom is -0.358 e. The van der Waals surface area contributed by atoms with E-state index in [1.54, 1.807) is 0 Å². The van der Waals surface area contributed by atoms with E-state index in [0.29, 0.717) is 24.5 Å². The van der Waals surface area contributed by atoms with Crippen molar-refractivity contribution in [3.05, 3.63) is 70.9 Å². The van der Waals surface area contributed by atoms with E-state index < -0.39 is 0 Å². The molecule has 0 aliphatic carbocycles. The number of benzene rings is 2. The highest BCUT2D eigenvalue weighted by molar-refractivity contribution is 5.90. The number of hydrogen-bond donors (Lipinski definition) is 2. The maximum Gasteiger partial charge on any atom is 0.227 e. The number of carbonyl (C=O) groups excluding carboxylic acids is 1. The van der Waals surface area contributed by atoms with Crippen LogP contribution in [0.4, 0.5) is 0 Å². The molecule has 3 atom stereocenters. The molecule has 168 valence electrons. The molecular weight excluding hydrogens is 394 g/mol. The minimum atomic E-state index is 0.287. The molecule has 32 heavy (non-hydrogen) atoms. The maximum absolute atomic E-state index is 13.7. The van der Waals surface area contributed by atoms with E-state index in [1.807, 2.05) is 0 Å². The van der Waals surface area contributed by atoms with Crippen LogP contribution in [0, 0.1) is 13.8 Å². The molecule has 0 spiro atoms. The smallest absolute Gasteiger partial charge is 0.227 e. The van der Waals surface area contributed by atoms with Crippen molar-refractivity contribution < 1.29 is 4.79 Å². The van der Waals surface area contributed by atoms with Crippen molar-refractivity contribution in [1.29, 1.82) is 0 Å². The highest BCUT2D eigenvalue weighted by Crippen LogP contribution is 2.30. The van der Waals surface area contributed by atoms with Gasteiger partial charge < -0.3 is 15.2 Å². The Bertz CT molecular complexity index is 1090. The van der Waals surface area contributed by atoms with E-state index in [-0.39, 0.29) is 5.91 Å². The Kier molecular flexibility index (Phi) is 6.05. The number of hydrogen-bond acceptors (Lipinski definition) is 2. The number of aromatic nitrogens is 1. The Labute approximate surface area is 191 Å². The number of rotatable bonds is 4. The molecule has 0 unspecified atom stereocenters. The van der Waals surface area contributed by atoms with Gasteiger partial charge >= 0.3 is 0 Å². The third-order valence-electron chi connectivity index (χ3n) is 7.50. The van der Waals surface area contributed by atoms with Crippen LogP contribution in [0.5, 0.6) is 0 Å². The van der Waals surface area contributed by atoms with Gasteiger partial charge in [-0.25, -0.2) is 0 Å². The second-order valence-electron chi connectivity index (χ2n) is 9.85. The number of aryl methyl sites for hydroxylation is 2. The Hall–Kier alpha value is -2.59. The zero-order valence-corrected chi connectivity index (χ0v) is 19.4. The standard InChI is InChI=1S/C28H35N3O/c1-19-12-13-25-24(15-19)23(20(2)29-25)18-28(32)31-14-8-4-7-11-26-27(31)17-22(30-26)16-21-9-5-3-6-10-21/h3,5-6,9-10,12-13,15,22,26-27,29-30H,4,7-8,11,14,16-18H2,1-2H3/t22-,26-,27+/m0/s1. The highest BCUT2D eigenvalue weighted by Gasteiger charge is 2.39. The predicted molar refractivity (Wildman–Crippen MR) is 131 cm³/mol. The van der Waals surface area contributed by atoms with E-state index >= 15 is 0 Å². The molecule has 2 saturated heterocycles. The van der Waals surface area contributed by atoms with Gasteiger partial charge in [0.25, 0.3) is 0 Å². The minimum absolute atomic E-state index is 0.287. The summed E-state index contributed by atoms with van der Waals surface area (Å²) in [6.07, 6.45) is 7.34. The van der Waals surface area contributed by atoms with Crippen molar-refractivity contribution in [2.24, 2.45) is 0 Å². The molecule has 0 bridgehead atoms. The van der Waals surface area contributed by atoms with Crippen LogP contribution in [0.1, 0.15) is 54.5 Å². The first-order valence-corrected chi connectivity index (χ1v) is 12.3. The van der Waals surface area contributed by atoms with Gasteiger partial charge in [-0.15, -0.1) is 0 Å². The molecule has 2 aliphatic rings. The molecule has 2 fully saturated rings. The Morgan fingerprint density at radius 3 is 2.75 bits per heavy atom. The lowest BCUT2D eigenvalue weighted by atomic mass is 9.95. The molecule has 4 nitrogen and oxygen atoms in total. The van der Waals surface area contributed by atoms with Crippen molar-refractivity contribution in [3.8, 4) is 0 Å². The summed E-state index contributed by atoms with van der Waals surface area (Å²) >= 11 is 0. The van der Waals surface area contributed by atoms with Crippen LogP contribution >= 0.6 is 0 Å². The van der Waals surface area contributed by atoms with Gasteiger partial charge in [0.05, 0.1) is 6.42 Å². The van der Waals surface area contributed by atoms with Gasteiger partial charge in [0.15, 0.2) is 0 Å². The summed E-state index contributed by atoms with van der Waals surface area (Å²) in [5, 5.41) is 5.10. The van der Waals surface area contributed by atoms with E-state index in [0.717, 1.165) is 37.0 Å². The van der Waals surface area contributed by atoms with Crippen LogP contribution in [0.15, 0.2) is 48.5 Å². The lowest BCUT2D eigenvalue weighted by molar-refractivity contribution is -0.133. The van der Waals surface area contributed by atoms with Crippen LogP contribution in [0.3, 0.4) is 0 Å². The Morgan fingerprint density at radius 1 is 1.06 bits per heavy atom. The summed E-state index contributed by atoms with van der Waals surface area (Å²) in [7, 11) is 0. The average Bonchev–Trinajstić information content (AvgIpc) is 3.29. The van der Waals surface area contributed by atoms with Gasteiger partial charge in [-0.2, -0.15) is 0 Å². The summed E-state index contributed by atoms with van der Waals surface area (Å²) in [5.41, 5.74) is 6.03. The van der Waals surface area contributed by atoms with Gasteiger partial charge in [-0.05, 0) is 62.8 Å². The lowest BCUT2D eigenvalue weighted by Crippen LogP contribution is -2.49. The number of fused-ring (bicyclic) bond motifs is 2. The third kappa shape index (κ3) is 4.33. The van der Waals surface area contributed by atoms with Gasteiger partial charge in [-0.3, -0.25) is 4.79 Å². The van der Waals surface area contributed by atoms with Gasteiger partial charge in [0.1, 0.15) is 0 Å². The number of carbonyl (C=O) groups is 1. The summed E-state index contributed by atoms with van der Waals surface area (Å²) in [6.45, 7) is 5.11. The molecule has 3 heterocycles. The van der Waals surface area contributed by atoms with Crippen molar-refractivity contribution in [2.45, 2.75) is 76.9 Å². The molecule has 4 heteroatoms. The number of amides is 1. The molecule has 2 aliphatic heterocycles. The van der Waals surface area contributed by atoms with Gasteiger partial charge in [-0.1, -0.05) is 54.8 Å². The SMILES string of the molecule is Cc1ccc2[nH]c(C)c(CC(=O)N3CCCCC[C@@H]4N[C@@H](Cc5ccccc5)C[C@H]43)c2c1. The molecule has 0 saturated carbocycles. The molecule has 5 rings (SSSR count). The normalized spacial score (nSPS) is 23.7. The fraction of sp³-hybridized carbons (Fsp3) is 0.464. The average molecular weight is 430 g/mol. The molecule has 1 aromatic heterocycles.